The van der Waals surface area contributed by atoms with E-state index in [2.05, 4.69) is 16.0 Å². The van der Waals surface area contributed by atoms with Gasteiger partial charge in [-0.05, 0) is 38.8 Å². The molecule has 7 nitrogen and oxygen atoms in total. The zero-order chi connectivity index (χ0) is 18.2. The summed E-state index contributed by atoms with van der Waals surface area (Å²) in [5.41, 5.74) is -0.319. The highest BCUT2D eigenvalue weighted by atomic mass is 32.1. The summed E-state index contributed by atoms with van der Waals surface area (Å²) in [5.74, 6) is -0.594. The average Bonchev–Trinajstić information content (AvgIpc) is 2.95. The molecule has 0 aliphatic rings. The number of nitrogens with zero attached hydrogens (tertiary/aromatic N) is 1. The van der Waals surface area contributed by atoms with Gasteiger partial charge in [0, 0.05) is 10.4 Å². The van der Waals surface area contributed by atoms with Crippen molar-refractivity contribution in [2.45, 2.75) is 39.8 Å². The Labute approximate surface area is 146 Å². The Morgan fingerprint density at radius 3 is 2.38 bits per heavy atom. The molecule has 1 aromatic rings. The van der Waals surface area contributed by atoms with Crippen LogP contribution >= 0.6 is 11.3 Å². The fourth-order valence-corrected chi connectivity index (χ4v) is 2.58. The molecule has 24 heavy (non-hydrogen) atoms. The van der Waals surface area contributed by atoms with Gasteiger partial charge in [0.25, 0.3) is 0 Å². The molecule has 0 spiro atoms. The van der Waals surface area contributed by atoms with E-state index in [1.807, 2.05) is 45.2 Å². The number of carbonyl (C=O) groups is 3. The highest BCUT2D eigenvalue weighted by molar-refractivity contribution is 7.09. The Morgan fingerprint density at radius 1 is 1.17 bits per heavy atom. The molecule has 0 saturated heterocycles. The van der Waals surface area contributed by atoms with E-state index in [0.29, 0.717) is 13.1 Å². The molecule has 0 aromatic carbocycles. The summed E-state index contributed by atoms with van der Waals surface area (Å²) >= 11 is 1.53. The normalized spacial score (nSPS) is 11.2. The number of carbonyl (C=O) groups excluding carboxylic acids is 3. The number of imide groups is 1. The molecule has 8 heteroatoms. The molecular weight excluding hydrogens is 328 g/mol. The predicted molar refractivity (Wildman–Crippen MR) is 94.7 cm³/mol. The van der Waals surface area contributed by atoms with Crippen LogP contribution in [-0.4, -0.2) is 47.9 Å². The second kappa shape index (κ2) is 9.39. The van der Waals surface area contributed by atoms with Gasteiger partial charge in [-0.3, -0.25) is 19.8 Å². The van der Waals surface area contributed by atoms with Crippen molar-refractivity contribution < 1.29 is 14.4 Å². The molecule has 1 aromatic heterocycles. The maximum Gasteiger partial charge on any atom is 0.321 e. The van der Waals surface area contributed by atoms with Crippen molar-refractivity contribution in [2.24, 2.45) is 0 Å². The van der Waals surface area contributed by atoms with Crippen molar-refractivity contribution in [2.75, 3.05) is 19.6 Å². The highest BCUT2D eigenvalue weighted by Gasteiger charge is 2.18. The number of hydrogen-bond donors (Lipinski definition) is 3. The van der Waals surface area contributed by atoms with Crippen molar-refractivity contribution >= 4 is 29.2 Å². The van der Waals surface area contributed by atoms with Crippen LogP contribution in [0.15, 0.2) is 17.5 Å². The SMILES string of the molecule is CCN(CC(=O)NC(=O)NCc1cccs1)CC(=O)NC(C)(C)C. The van der Waals surface area contributed by atoms with Gasteiger partial charge >= 0.3 is 6.03 Å². The highest BCUT2D eigenvalue weighted by Crippen LogP contribution is 2.07. The number of amides is 4. The molecule has 0 aliphatic heterocycles. The molecule has 0 atom stereocenters. The second-order valence-corrected chi connectivity index (χ2v) is 7.44. The predicted octanol–water partition coefficient (Wildman–Crippen LogP) is 1.31. The van der Waals surface area contributed by atoms with Gasteiger partial charge in [-0.15, -0.1) is 11.3 Å². The van der Waals surface area contributed by atoms with Gasteiger partial charge in [0.05, 0.1) is 19.6 Å². The van der Waals surface area contributed by atoms with Gasteiger partial charge in [0.15, 0.2) is 0 Å². The Balaban J connectivity index is 2.35. The summed E-state index contributed by atoms with van der Waals surface area (Å²) in [4.78, 5) is 38.2. The number of likely N-dealkylation sites (N-methyl/N-ethyl adjacent to an activating group) is 1. The zero-order valence-electron chi connectivity index (χ0n) is 14.6. The van der Waals surface area contributed by atoms with Crippen LogP contribution in [0, 0.1) is 0 Å². The van der Waals surface area contributed by atoms with Gasteiger partial charge in [-0.1, -0.05) is 13.0 Å². The fourth-order valence-electron chi connectivity index (χ4n) is 1.93. The van der Waals surface area contributed by atoms with Gasteiger partial charge < -0.3 is 10.6 Å². The molecule has 0 bridgehead atoms. The summed E-state index contributed by atoms with van der Waals surface area (Å²) < 4.78 is 0. The molecule has 134 valence electrons. The van der Waals surface area contributed by atoms with Crippen LogP contribution in [-0.2, 0) is 16.1 Å². The lowest BCUT2D eigenvalue weighted by atomic mass is 10.1. The van der Waals surface area contributed by atoms with Crippen LogP contribution in [0.2, 0.25) is 0 Å². The Morgan fingerprint density at radius 2 is 1.83 bits per heavy atom. The van der Waals surface area contributed by atoms with E-state index in [0.717, 1.165) is 4.88 Å². The van der Waals surface area contributed by atoms with E-state index < -0.39 is 11.9 Å². The molecule has 0 fully saturated rings. The number of hydrogen-bond acceptors (Lipinski definition) is 5. The Bertz CT molecular complexity index is 552. The van der Waals surface area contributed by atoms with Crippen molar-refractivity contribution in [3.8, 4) is 0 Å². The Kier molecular flexibility index (Phi) is 7.87. The van der Waals surface area contributed by atoms with E-state index in [-0.39, 0.29) is 24.5 Å². The van der Waals surface area contributed by atoms with Crippen LogP contribution in [0.5, 0.6) is 0 Å². The first-order chi connectivity index (χ1) is 11.2. The van der Waals surface area contributed by atoms with Crippen molar-refractivity contribution in [3.05, 3.63) is 22.4 Å². The maximum atomic E-state index is 11.9. The van der Waals surface area contributed by atoms with Crippen LogP contribution < -0.4 is 16.0 Å². The van der Waals surface area contributed by atoms with Gasteiger partial charge in [-0.25, -0.2) is 4.79 Å². The van der Waals surface area contributed by atoms with Gasteiger partial charge in [-0.2, -0.15) is 0 Å². The van der Waals surface area contributed by atoms with E-state index in [9.17, 15) is 14.4 Å². The smallest absolute Gasteiger partial charge is 0.321 e. The number of thiophene rings is 1. The zero-order valence-corrected chi connectivity index (χ0v) is 15.5. The number of urea groups is 1. The lowest BCUT2D eigenvalue weighted by Crippen LogP contribution is -2.49. The lowest BCUT2D eigenvalue weighted by Gasteiger charge is -2.24. The molecule has 0 radical (unpaired) electrons. The molecule has 0 aliphatic carbocycles. The summed E-state index contributed by atoms with van der Waals surface area (Å²) in [6, 6.07) is 3.26. The summed E-state index contributed by atoms with van der Waals surface area (Å²) in [6.45, 7) is 8.54. The summed E-state index contributed by atoms with van der Waals surface area (Å²) in [7, 11) is 0. The molecular formula is C16H26N4O3S. The minimum atomic E-state index is -0.538. The van der Waals surface area contributed by atoms with Crippen LogP contribution in [0.3, 0.4) is 0 Å². The quantitative estimate of drug-likeness (QED) is 0.689. The van der Waals surface area contributed by atoms with Crippen LogP contribution in [0.25, 0.3) is 0 Å². The van der Waals surface area contributed by atoms with Crippen molar-refractivity contribution in [3.63, 3.8) is 0 Å². The van der Waals surface area contributed by atoms with Crippen molar-refractivity contribution in [1.82, 2.24) is 20.9 Å². The van der Waals surface area contributed by atoms with E-state index in [1.54, 1.807) is 4.90 Å². The summed E-state index contributed by atoms with van der Waals surface area (Å²) in [6.07, 6.45) is 0. The minimum absolute atomic E-state index is 0.0134. The van der Waals surface area contributed by atoms with Gasteiger partial charge in [0.2, 0.25) is 11.8 Å². The third kappa shape index (κ3) is 8.64. The van der Waals surface area contributed by atoms with Crippen LogP contribution in [0.1, 0.15) is 32.6 Å². The largest absolute Gasteiger partial charge is 0.350 e. The second-order valence-electron chi connectivity index (χ2n) is 6.41. The third-order valence-electron chi connectivity index (χ3n) is 2.95. The summed E-state index contributed by atoms with van der Waals surface area (Å²) in [5, 5.41) is 9.65. The molecule has 1 heterocycles. The Hall–Kier alpha value is -1.93. The monoisotopic (exact) mass is 354 g/mol. The van der Waals surface area contributed by atoms with E-state index >= 15 is 0 Å². The van der Waals surface area contributed by atoms with Crippen molar-refractivity contribution in [1.29, 1.82) is 0 Å². The standard InChI is InChI=1S/C16H26N4O3S/c1-5-20(11-14(22)19-16(2,3)4)10-13(21)18-15(23)17-9-12-7-6-8-24-12/h6-8H,5,9-11H2,1-4H3,(H,19,22)(H2,17,18,21,23). The van der Waals surface area contributed by atoms with Gasteiger partial charge in [0.1, 0.15) is 0 Å². The lowest BCUT2D eigenvalue weighted by molar-refractivity contribution is -0.125. The third-order valence-corrected chi connectivity index (χ3v) is 3.83. The number of rotatable bonds is 7. The topological polar surface area (TPSA) is 90.5 Å². The molecule has 0 saturated carbocycles. The number of nitrogens with one attached hydrogen (secondary N) is 3. The molecule has 0 unspecified atom stereocenters. The maximum absolute atomic E-state index is 11.9. The van der Waals surface area contributed by atoms with E-state index in [4.69, 9.17) is 0 Å². The first kappa shape index (κ1) is 20.1. The average molecular weight is 354 g/mol. The fraction of sp³-hybridized carbons (Fsp3) is 0.562. The first-order valence-electron chi connectivity index (χ1n) is 7.83. The molecule has 3 N–H and O–H groups in total. The van der Waals surface area contributed by atoms with Crippen LogP contribution in [0.4, 0.5) is 4.79 Å². The minimum Gasteiger partial charge on any atom is -0.350 e. The molecule has 4 amide bonds. The first-order valence-corrected chi connectivity index (χ1v) is 8.71. The molecule has 1 rings (SSSR count). The van der Waals surface area contributed by atoms with E-state index in [1.165, 1.54) is 11.3 Å².